The fourth-order valence-corrected chi connectivity index (χ4v) is 3.28. The first kappa shape index (κ1) is 12.5. The number of nitrogens with zero attached hydrogens (tertiary/aromatic N) is 3. The molecular weight excluding hydrogens is 284 g/mol. The first-order valence-electron chi connectivity index (χ1n) is 6.90. The number of hydrogen-bond acceptors (Lipinski definition) is 4. The van der Waals surface area contributed by atoms with Gasteiger partial charge in [-0.05, 0) is 37.1 Å². The summed E-state index contributed by atoms with van der Waals surface area (Å²) in [6.07, 6.45) is 4.36. The monoisotopic (exact) mass is 298 g/mol. The van der Waals surface area contributed by atoms with Crippen LogP contribution in [-0.4, -0.2) is 20.7 Å². The Labute approximate surface area is 125 Å². The summed E-state index contributed by atoms with van der Waals surface area (Å²) in [6.45, 7) is 0. The van der Waals surface area contributed by atoms with Gasteiger partial charge in [-0.3, -0.25) is 10.1 Å². The molecule has 1 aliphatic carbocycles. The fourth-order valence-electron chi connectivity index (χ4n) is 2.37. The van der Waals surface area contributed by atoms with Crippen molar-refractivity contribution in [1.82, 2.24) is 14.8 Å². The Hall–Kier alpha value is -2.21. The van der Waals surface area contributed by atoms with E-state index in [2.05, 4.69) is 15.5 Å². The Morgan fingerprint density at radius 1 is 1.33 bits per heavy atom. The van der Waals surface area contributed by atoms with Gasteiger partial charge in [0.05, 0.1) is 0 Å². The highest BCUT2D eigenvalue weighted by Gasteiger charge is 2.27. The highest BCUT2D eigenvalue weighted by Crippen LogP contribution is 2.42. The van der Waals surface area contributed by atoms with Gasteiger partial charge in [-0.2, -0.15) is 0 Å². The van der Waals surface area contributed by atoms with Crippen LogP contribution < -0.4 is 5.32 Å². The number of aryl methyl sites for hydroxylation is 1. The zero-order chi connectivity index (χ0) is 14.4. The molecule has 1 amide bonds. The van der Waals surface area contributed by atoms with Crippen LogP contribution in [0.1, 0.15) is 34.1 Å². The predicted molar refractivity (Wildman–Crippen MR) is 82.8 cm³/mol. The first-order valence-corrected chi connectivity index (χ1v) is 7.72. The quantitative estimate of drug-likeness (QED) is 0.808. The summed E-state index contributed by atoms with van der Waals surface area (Å²) in [5.74, 6) is 0.424. The summed E-state index contributed by atoms with van der Waals surface area (Å²) in [6, 6.07) is 7.69. The minimum atomic E-state index is -0.140. The Balaban J connectivity index is 1.56. The van der Waals surface area contributed by atoms with Crippen LogP contribution in [0.3, 0.4) is 0 Å². The van der Waals surface area contributed by atoms with E-state index in [4.69, 9.17) is 0 Å². The van der Waals surface area contributed by atoms with Crippen molar-refractivity contribution < 1.29 is 4.79 Å². The third kappa shape index (κ3) is 2.31. The zero-order valence-corrected chi connectivity index (χ0v) is 12.4. The normalized spacial score (nSPS) is 14.5. The Kier molecular flexibility index (Phi) is 2.78. The maximum Gasteiger partial charge on any atom is 0.257 e. The minimum Gasteiger partial charge on any atom is -0.351 e. The van der Waals surface area contributed by atoms with E-state index in [-0.39, 0.29) is 5.91 Å². The van der Waals surface area contributed by atoms with Gasteiger partial charge in [0.2, 0.25) is 5.13 Å². The molecule has 0 spiro atoms. The van der Waals surface area contributed by atoms with Crippen LogP contribution in [0.25, 0.3) is 10.9 Å². The molecule has 4 rings (SSSR count). The number of carbonyl (C=O) groups excluding carboxylic acids is 1. The van der Waals surface area contributed by atoms with Gasteiger partial charge >= 0.3 is 0 Å². The number of anilines is 1. The Bertz CT molecular complexity index is 831. The molecule has 6 heteroatoms. The molecule has 1 N–H and O–H groups in total. The average molecular weight is 298 g/mol. The number of hydrogen-bond donors (Lipinski definition) is 1. The van der Waals surface area contributed by atoms with Crippen LogP contribution >= 0.6 is 11.3 Å². The molecule has 3 aromatic rings. The lowest BCUT2D eigenvalue weighted by Crippen LogP contribution is -2.11. The lowest BCUT2D eigenvalue weighted by molar-refractivity contribution is 0.102. The van der Waals surface area contributed by atoms with Gasteiger partial charge in [-0.25, -0.2) is 0 Å². The third-order valence-electron chi connectivity index (χ3n) is 3.74. The van der Waals surface area contributed by atoms with Crippen molar-refractivity contribution in [2.45, 2.75) is 18.8 Å². The van der Waals surface area contributed by atoms with Crippen molar-refractivity contribution in [3.63, 3.8) is 0 Å². The molecule has 2 heterocycles. The largest absolute Gasteiger partial charge is 0.351 e. The standard InChI is InChI=1S/C15H14N4OS/c1-19-7-6-10-8-11(4-5-12(10)19)13(20)16-15-18-17-14(21-15)9-2-3-9/h4-9H,2-3H2,1H3,(H,16,18,20). The van der Waals surface area contributed by atoms with Gasteiger partial charge in [0.1, 0.15) is 5.01 Å². The lowest BCUT2D eigenvalue weighted by atomic mass is 10.1. The molecule has 106 valence electrons. The second-order valence-electron chi connectivity index (χ2n) is 5.37. The second kappa shape index (κ2) is 4.66. The summed E-state index contributed by atoms with van der Waals surface area (Å²) in [4.78, 5) is 12.3. The molecule has 2 aromatic heterocycles. The van der Waals surface area contributed by atoms with E-state index in [1.807, 2.05) is 42.1 Å². The lowest BCUT2D eigenvalue weighted by Gasteiger charge is -2.02. The van der Waals surface area contributed by atoms with E-state index in [0.717, 1.165) is 15.9 Å². The summed E-state index contributed by atoms with van der Waals surface area (Å²) in [7, 11) is 1.99. The molecule has 1 aliphatic rings. The Morgan fingerprint density at radius 2 is 2.19 bits per heavy atom. The zero-order valence-electron chi connectivity index (χ0n) is 11.5. The molecule has 0 aliphatic heterocycles. The van der Waals surface area contributed by atoms with Crippen LogP contribution in [0.15, 0.2) is 30.5 Å². The first-order chi connectivity index (χ1) is 10.2. The molecule has 0 unspecified atom stereocenters. The van der Waals surface area contributed by atoms with Gasteiger partial charge in [0.25, 0.3) is 5.91 Å². The van der Waals surface area contributed by atoms with Crippen molar-refractivity contribution in [3.8, 4) is 0 Å². The van der Waals surface area contributed by atoms with Crippen LogP contribution in [0.5, 0.6) is 0 Å². The molecule has 0 atom stereocenters. The molecule has 0 bridgehead atoms. The highest BCUT2D eigenvalue weighted by atomic mass is 32.1. The van der Waals surface area contributed by atoms with Crippen molar-refractivity contribution in [2.75, 3.05) is 5.32 Å². The number of aromatic nitrogens is 3. The van der Waals surface area contributed by atoms with E-state index < -0.39 is 0 Å². The van der Waals surface area contributed by atoms with Crippen molar-refractivity contribution in [1.29, 1.82) is 0 Å². The SMILES string of the molecule is Cn1ccc2cc(C(=O)Nc3nnc(C4CC4)s3)ccc21. The van der Waals surface area contributed by atoms with Crippen molar-refractivity contribution >= 4 is 33.3 Å². The minimum absolute atomic E-state index is 0.140. The number of carbonyl (C=O) groups is 1. The van der Waals surface area contributed by atoms with Crippen molar-refractivity contribution in [3.05, 3.63) is 41.0 Å². The van der Waals surface area contributed by atoms with E-state index in [9.17, 15) is 4.79 Å². The van der Waals surface area contributed by atoms with Crippen LogP contribution in [0, 0.1) is 0 Å². The van der Waals surface area contributed by atoms with Crippen LogP contribution in [-0.2, 0) is 7.05 Å². The van der Waals surface area contributed by atoms with E-state index in [0.29, 0.717) is 16.6 Å². The molecule has 1 saturated carbocycles. The number of benzene rings is 1. The summed E-state index contributed by atoms with van der Waals surface area (Å²) >= 11 is 1.48. The molecule has 1 aromatic carbocycles. The molecule has 1 fully saturated rings. The highest BCUT2D eigenvalue weighted by molar-refractivity contribution is 7.15. The summed E-state index contributed by atoms with van der Waals surface area (Å²) in [5, 5.41) is 13.7. The predicted octanol–water partition coefficient (Wildman–Crippen LogP) is 3.16. The van der Waals surface area contributed by atoms with Gasteiger partial charge in [-0.15, -0.1) is 10.2 Å². The van der Waals surface area contributed by atoms with E-state index >= 15 is 0 Å². The molecule has 5 nitrogen and oxygen atoms in total. The smallest absolute Gasteiger partial charge is 0.257 e. The molecule has 0 radical (unpaired) electrons. The van der Waals surface area contributed by atoms with E-state index in [1.54, 1.807) is 0 Å². The van der Waals surface area contributed by atoms with Crippen molar-refractivity contribution in [2.24, 2.45) is 7.05 Å². The molecule has 0 saturated heterocycles. The van der Waals surface area contributed by atoms with Crippen LogP contribution in [0.2, 0.25) is 0 Å². The maximum absolute atomic E-state index is 12.3. The summed E-state index contributed by atoms with van der Waals surface area (Å²) in [5.41, 5.74) is 1.75. The van der Waals surface area contributed by atoms with E-state index in [1.165, 1.54) is 24.2 Å². The number of nitrogens with one attached hydrogen (secondary N) is 1. The maximum atomic E-state index is 12.3. The number of fused-ring (bicyclic) bond motifs is 1. The number of amides is 1. The fraction of sp³-hybridized carbons (Fsp3) is 0.267. The summed E-state index contributed by atoms with van der Waals surface area (Å²) < 4.78 is 2.03. The average Bonchev–Trinajstić information content (AvgIpc) is 3.14. The van der Waals surface area contributed by atoms with Crippen LogP contribution in [0.4, 0.5) is 5.13 Å². The number of rotatable bonds is 3. The van der Waals surface area contributed by atoms with Gasteiger partial charge in [0, 0.05) is 35.6 Å². The Morgan fingerprint density at radius 3 is 3.00 bits per heavy atom. The van der Waals surface area contributed by atoms with Gasteiger partial charge < -0.3 is 4.57 Å². The third-order valence-corrected chi connectivity index (χ3v) is 4.74. The molecule has 21 heavy (non-hydrogen) atoms. The van der Waals surface area contributed by atoms with Gasteiger partial charge in [0.15, 0.2) is 0 Å². The van der Waals surface area contributed by atoms with Gasteiger partial charge in [-0.1, -0.05) is 11.3 Å². The second-order valence-corrected chi connectivity index (χ2v) is 6.38. The molecular formula is C15H14N4OS. The topological polar surface area (TPSA) is 59.8 Å².